The summed E-state index contributed by atoms with van der Waals surface area (Å²) in [7, 11) is 0. The van der Waals surface area contributed by atoms with E-state index in [0.29, 0.717) is 6.54 Å². The maximum atomic E-state index is 9.35. The molecular formula is C23H21N3OS2. The minimum atomic E-state index is 0.0710. The van der Waals surface area contributed by atoms with Gasteiger partial charge in [-0.25, -0.2) is 9.97 Å². The minimum absolute atomic E-state index is 0.0710. The topological polar surface area (TPSA) is 58.0 Å². The number of rotatable bonds is 4. The maximum Gasteiger partial charge on any atom is 0.162 e. The fourth-order valence-electron chi connectivity index (χ4n) is 3.64. The maximum absolute atomic E-state index is 9.35. The zero-order chi connectivity index (χ0) is 19.8. The molecule has 0 amide bonds. The van der Waals surface area contributed by atoms with Crippen molar-refractivity contribution in [3.05, 3.63) is 59.7 Å². The summed E-state index contributed by atoms with van der Waals surface area (Å²) in [6, 6.07) is 16.9. The third-order valence-corrected chi connectivity index (χ3v) is 7.51. The lowest BCUT2D eigenvalue weighted by molar-refractivity contribution is 0.311. The van der Waals surface area contributed by atoms with Crippen molar-refractivity contribution in [2.75, 3.05) is 24.2 Å². The molecule has 0 saturated carbocycles. The highest BCUT2D eigenvalue weighted by atomic mass is 32.2. The molecule has 5 rings (SSSR count). The van der Waals surface area contributed by atoms with Crippen molar-refractivity contribution in [2.24, 2.45) is 0 Å². The summed E-state index contributed by atoms with van der Waals surface area (Å²) >= 11 is 3.71. The lowest BCUT2D eigenvalue weighted by Crippen LogP contribution is -2.12. The number of thioether (sulfide) groups is 1. The summed E-state index contributed by atoms with van der Waals surface area (Å²) in [5.74, 6) is 2.55. The van der Waals surface area contributed by atoms with Gasteiger partial charge in [0.25, 0.3) is 0 Å². The molecule has 6 heteroatoms. The van der Waals surface area contributed by atoms with E-state index in [4.69, 9.17) is 9.97 Å². The number of aromatic nitrogens is 2. The van der Waals surface area contributed by atoms with Gasteiger partial charge >= 0.3 is 0 Å². The van der Waals surface area contributed by atoms with Gasteiger partial charge in [0.15, 0.2) is 5.82 Å². The molecule has 0 spiro atoms. The number of nitrogens with zero attached hydrogens (tertiary/aromatic N) is 2. The second-order valence-corrected chi connectivity index (χ2v) is 9.25. The highest BCUT2D eigenvalue weighted by Gasteiger charge is 2.25. The van der Waals surface area contributed by atoms with Crippen LogP contribution in [0.25, 0.3) is 32.0 Å². The van der Waals surface area contributed by atoms with E-state index in [0.717, 1.165) is 40.6 Å². The highest BCUT2D eigenvalue weighted by molar-refractivity contribution is 7.99. The molecule has 2 aromatic carbocycles. The molecule has 4 aromatic rings. The molecule has 0 bridgehead atoms. The average Bonchev–Trinajstić information content (AvgIpc) is 3.01. The molecule has 0 saturated heterocycles. The molecule has 0 aliphatic carbocycles. The van der Waals surface area contributed by atoms with Crippen molar-refractivity contribution in [3.8, 4) is 22.0 Å². The predicted molar refractivity (Wildman–Crippen MR) is 123 cm³/mol. The predicted octanol–water partition coefficient (Wildman–Crippen LogP) is 5.39. The van der Waals surface area contributed by atoms with Crippen LogP contribution in [0.3, 0.4) is 0 Å². The number of aliphatic hydroxyl groups is 1. The quantitative estimate of drug-likeness (QED) is 0.465. The van der Waals surface area contributed by atoms with Crippen molar-refractivity contribution >= 4 is 39.0 Å². The first-order valence-electron chi connectivity index (χ1n) is 9.72. The molecule has 1 aliphatic rings. The number of nitrogens with one attached hydrogen (secondary N) is 1. The first kappa shape index (κ1) is 18.6. The van der Waals surface area contributed by atoms with E-state index in [1.165, 1.54) is 25.4 Å². The van der Waals surface area contributed by atoms with Crippen LogP contribution in [0.1, 0.15) is 11.1 Å². The van der Waals surface area contributed by atoms with Gasteiger partial charge in [0.2, 0.25) is 0 Å². The van der Waals surface area contributed by atoms with Gasteiger partial charge in [0, 0.05) is 38.4 Å². The largest absolute Gasteiger partial charge is 0.395 e. The molecule has 2 N–H and O–H groups in total. The van der Waals surface area contributed by atoms with Gasteiger partial charge in [-0.05, 0) is 19.4 Å². The molecule has 29 heavy (non-hydrogen) atoms. The average molecular weight is 420 g/mol. The van der Waals surface area contributed by atoms with Crippen molar-refractivity contribution in [1.82, 2.24) is 9.97 Å². The van der Waals surface area contributed by atoms with Crippen LogP contribution in [0, 0.1) is 6.92 Å². The van der Waals surface area contributed by atoms with Gasteiger partial charge in [-0.15, -0.1) is 23.1 Å². The van der Waals surface area contributed by atoms with Gasteiger partial charge < -0.3 is 10.4 Å². The molecule has 0 fully saturated rings. The number of benzene rings is 2. The van der Waals surface area contributed by atoms with E-state index in [1.54, 1.807) is 11.3 Å². The number of aryl methyl sites for hydroxylation is 1. The Kier molecular flexibility index (Phi) is 4.99. The fourth-order valence-corrected chi connectivity index (χ4v) is 6.19. The number of aliphatic hydroxyl groups excluding tert-OH is 1. The van der Waals surface area contributed by atoms with Gasteiger partial charge in [0.1, 0.15) is 5.82 Å². The first-order valence-corrected chi connectivity index (χ1v) is 11.5. The number of hydrogen-bond acceptors (Lipinski definition) is 6. The third-order valence-electron chi connectivity index (χ3n) is 5.08. The molecule has 0 unspecified atom stereocenters. The summed E-state index contributed by atoms with van der Waals surface area (Å²) in [6.45, 7) is 2.63. The van der Waals surface area contributed by atoms with Crippen molar-refractivity contribution in [2.45, 2.75) is 18.2 Å². The second-order valence-electron chi connectivity index (χ2n) is 7.09. The van der Waals surface area contributed by atoms with Crippen LogP contribution in [0.4, 0.5) is 5.82 Å². The first-order chi connectivity index (χ1) is 14.2. The Morgan fingerprint density at radius 3 is 2.72 bits per heavy atom. The summed E-state index contributed by atoms with van der Waals surface area (Å²) in [5.41, 5.74) is 4.39. The van der Waals surface area contributed by atoms with Gasteiger partial charge in [-0.3, -0.25) is 0 Å². The van der Waals surface area contributed by atoms with E-state index in [9.17, 15) is 5.11 Å². The standard InChI is InChI=1S/C23H21N3OS2/c1-14-6-8-15(9-7-14)22-25-19-17(23(26-22)24-11-12-27)10-13-28-20-16-4-2-3-5-18(16)29-21(19)20/h2-9,27H,10-13H2,1H3,(H,24,25,26). The number of hydrogen-bond donors (Lipinski definition) is 2. The number of fused-ring (bicyclic) bond motifs is 5. The Labute approximate surface area is 178 Å². The van der Waals surface area contributed by atoms with Crippen LogP contribution < -0.4 is 5.32 Å². The zero-order valence-electron chi connectivity index (χ0n) is 16.1. The molecule has 146 valence electrons. The van der Waals surface area contributed by atoms with Crippen LogP contribution in [-0.2, 0) is 6.42 Å². The Morgan fingerprint density at radius 1 is 1.07 bits per heavy atom. The lowest BCUT2D eigenvalue weighted by Gasteiger charge is -2.14. The van der Waals surface area contributed by atoms with E-state index in [2.05, 4.69) is 60.8 Å². The summed E-state index contributed by atoms with van der Waals surface area (Å²) < 4.78 is 1.29. The summed E-state index contributed by atoms with van der Waals surface area (Å²) in [6.07, 6.45) is 0.900. The molecule has 1 aliphatic heterocycles. The molecule has 4 nitrogen and oxygen atoms in total. The van der Waals surface area contributed by atoms with E-state index in [-0.39, 0.29) is 6.61 Å². The minimum Gasteiger partial charge on any atom is -0.395 e. The Bertz CT molecular complexity index is 1180. The van der Waals surface area contributed by atoms with Gasteiger partial charge in [-0.1, -0.05) is 48.0 Å². The summed E-state index contributed by atoms with van der Waals surface area (Å²) in [5, 5.41) is 14.0. The van der Waals surface area contributed by atoms with Gasteiger partial charge in [0.05, 0.1) is 17.2 Å². The molecular weight excluding hydrogens is 398 g/mol. The highest BCUT2D eigenvalue weighted by Crippen LogP contribution is 2.48. The Morgan fingerprint density at radius 2 is 1.90 bits per heavy atom. The molecule has 0 atom stereocenters. The van der Waals surface area contributed by atoms with E-state index < -0.39 is 0 Å². The molecule has 2 aromatic heterocycles. The van der Waals surface area contributed by atoms with E-state index in [1.807, 2.05) is 11.8 Å². The SMILES string of the molecule is Cc1ccc(-c2nc(NCCO)c3c(n2)-c2sc4ccccc4c2SCC3)cc1. The molecule has 3 heterocycles. The van der Waals surface area contributed by atoms with Crippen LogP contribution in [0.2, 0.25) is 0 Å². The van der Waals surface area contributed by atoms with Crippen molar-refractivity contribution in [3.63, 3.8) is 0 Å². The smallest absolute Gasteiger partial charge is 0.162 e. The number of thiophene rings is 1. The van der Waals surface area contributed by atoms with Crippen LogP contribution in [0.5, 0.6) is 0 Å². The van der Waals surface area contributed by atoms with E-state index >= 15 is 0 Å². The third kappa shape index (κ3) is 3.41. The lowest BCUT2D eigenvalue weighted by atomic mass is 10.1. The Hall–Kier alpha value is -2.41. The number of anilines is 1. The monoisotopic (exact) mass is 419 g/mol. The van der Waals surface area contributed by atoms with Gasteiger partial charge in [-0.2, -0.15) is 0 Å². The zero-order valence-corrected chi connectivity index (χ0v) is 17.7. The second kappa shape index (κ2) is 7.78. The van der Waals surface area contributed by atoms with Crippen molar-refractivity contribution in [1.29, 1.82) is 0 Å². The van der Waals surface area contributed by atoms with Crippen LogP contribution in [0.15, 0.2) is 53.4 Å². The summed E-state index contributed by atoms with van der Waals surface area (Å²) in [4.78, 5) is 12.5. The fraction of sp³-hybridized carbons (Fsp3) is 0.217. The van der Waals surface area contributed by atoms with Crippen LogP contribution in [-0.4, -0.2) is 34.0 Å². The molecule has 0 radical (unpaired) electrons. The Balaban J connectivity index is 1.75. The van der Waals surface area contributed by atoms with Crippen LogP contribution >= 0.6 is 23.1 Å². The van der Waals surface area contributed by atoms with Crippen molar-refractivity contribution < 1.29 is 5.11 Å². The normalized spacial score (nSPS) is 13.0.